The molecule has 2 aromatic heterocycles. The monoisotopic (exact) mass is 204 g/mol. The van der Waals surface area contributed by atoms with Crippen molar-refractivity contribution in [3.63, 3.8) is 0 Å². The summed E-state index contributed by atoms with van der Waals surface area (Å²) >= 11 is 0. The largest absolute Gasteiger partial charge is 0.414 e. The van der Waals surface area contributed by atoms with Crippen molar-refractivity contribution in [3.8, 4) is 5.75 Å². The van der Waals surface area contributed by atoms with E-state index >= 15 is 0 Å². The first-order chi connectivity index (χ1) is 7.16. The van der Waals surface area contributed by atoms with E-state index in [0.717, 1.165) is 5.52 Å². The van der Waals surface area contributed by atoms with Gasteiger partial charge in [-0.25, -0.2) is 4.79 Å². The van der Waals surface area contributed by atoms with Crippen LogP contribution in [0.25, 0.3) is 5.52 Å². The van der Waals surface area contributed by atoms with Gasteiger partial charge in [-0.1, -0.05) is 0 Å². The van der Waals surface area contributed by atoms with Crippen LogP contribution in [0.5, 0.6) is 5.75 Å². The SMILES string of the molecule is CN(C)C(=O)Oc1ccn2cccc2c1. The van der Waals surface area contributed by atoms with Gasteiger partial charge in [0.15, 0.2) is 0 Å². The van der Waals surface area contributed by atoms with Gasteiger partial charge < -0.3 is 14.0 Å². The minimum atomic E-state index is -0.370. The molecule has 0 bridgehead atoms. The molecule has 0 saturated heterocycles. The lowest BCUT2D eigenvalue weighted by Crippen LogP contribution is -2.25. The molecular weight excluding hydrogens is 192 g/mol. The van der Waals surface area contributed by atoms with E-state index in [-0.39, 0.29) is 6.09 Å². The van der Waals surface area contributed by atoms with E-state index in [9.17, 15) is 4.79 Å². The predicted octanol–water partition coefficient (Wildman–Crippen LogP) is 2.00. The summed E-state index contributed by atoms with van der Waals surface area (Å²) in [6.07, 6.45) is 3.42. The highest BCUT2D eigenvalue weighted by atomic mass is 16.6. The van der Waals surface area contributed by atoms with Crippen LogP contribution in [0.2, 0.25) is 0 Å². The highest BCUT2D eigenvalue weighted by Crippen LogP contribution is 2.15. The van der Waals surface area contributed by atoms with Crippen molar-refractivity contribution in [2.75, 3.05) is 14.1 Å². The van der Waals surface area contributed by atoms with Crippen LogP contribution in [0, 0.1) is 0 Å². The second-order valence-corrected chi connectivity index (χ2v) is 3.47. The van der Waals surface area contributed by atoms with Crippen molar-refractivity contribution in [2.24, 2.45) is 0 Å². The molecular formula is C11H12N2O2. The Balaban J connectivity index is 2.25. The van der Waals surface area contributed by atoms with Crippen molar-refractivity contribution in [1.29, 1.82) is 0 Å². The van der Waals surface area contributed by atoms with Crippen LogP contribution in [0.15, 0.2) is 36.7 Å². The summed E-state index contributed by atoms with van der Waals surface area (Å²) < 4.78 is 7.08. The van der Waals surface area contributed by atoms with Crippen LogP contribution in [0.3, 0.4) is 0 Å². The standard InChI is InChI=1S/C11H12N2O2/c1-12(2)11(14)15-10-5-7-13-6-3-4-9(13)8-10/h3-8H,1-2H3. The minimum absolute atomic E-state index is 0.370. The number of aromatic nitrogens is 1. The number of hydrogen-bond acceptors (Lipinski definition) is 2. The molecule has 78 valence electrons. The second kappa shape index (κ2) is 3.65. The Morgan fingerprint density at radius 1 is 1.33 bits per heavy atom. The van der Waals surface area contributed by atoms with Gasteiger partial charge in [0.05, 0.1) is 0 Å². The number of fused-ring (bicyclic) bond motifs is 1. The number of carbonyl (C=O) groups excluding carboxylic acids is 1. The van der Waals surface area contributed by atoms with E-state index in [1.165, 1.54) is 4.90 Å². The zero-order valence-electron chi connectivity index (χ0n) is 8.68. The molecule has 0 spiro atoms. The van der Waals surface area contributed by atoms with Crippen LogP contribution in [0.4, 0.5) is 4.79 Å². The van der Waals surface area contributed by atoms with Crippen LogP contribution >= 0.6 is 0 Å². The molecule has 0 atom stereocenters. The number of nitrogens with zero attached hydrogens (tertiary/aromatic N) is 2. The van der Waals surface area contributed by atoms with Crippen LogP contribution < -0.4 is 4.74 Å². The molecule has 0 aliphatic heterocycles. The third-order valence-electron chi connectivity index (χ3n) is 2.07. The maximum atomic E-state index is 11.3. The van der Waals surface area contributed by atoms with Crippen molar-refractivity contribution in [2.45, 2.75) is 0 Å². The fourth-order valence-corrected chi connectivity index (χ4v) is 1.27. The number of pyridine rings is 1. The first-order valence-electron chi connectivity index (χ1n) is 4.63. The average molecular weight is 204 g/mol. The van der Waals surface area contributed by atoms with E-state index in [4.69, 9.17) is 4.74 Å². The molecule has 4 heteroatoms. The molecule has 0 aliphatic rings. The van der Waals surface area contributed by atoms with E-state index in [2.05, 4.69) is 0 Å². The van der Waals surface area contributed by atoms with Gasteiger partial charge in [0.25, 0.3) is 0 Å². The normalized spacial score (nSPS) is 10.3. The van der Waals surface area contributed by atoms with E-state index in [0.29, 0.717) is 5.75 Å². The molecule has 0 unspecified atom stereocenters. The maximum Gasteiger partial charge on any atom is 0.414 e. The second-order valence-electron chi connectivity index (χ2n) is 3.47. The fraction of sp³-hybridized carbons (Fsp3) is 0.182. The number of ether oxygens (including phenoxy) is 1. The zero-order valence-corrected chi connectivity index (χ0v) is 8.68. The highest BCUT2D eigenvalue weighted by Gasteiger charge is 2.06. The van der Waals surface area contributed by atoms with Gasteiger partial charge in [-0.05, 0) is 18.2 Å². The van der Waals surface area contributed by atoms with Gasteiger partial charge in [0, 0.05) is 38.1 Å². The minimum Gasteiger partial charge on any atom is -0.410 e. The van der Waals surface area contributed by atoms with E-state index in [1.54, 1.807) is 20.2 Å². The molecule has 2 rings (SSSR count). The first kappa shape index (κ1) is 9.58. The maximum absolute atomic E-state index is 11.3. The first-order valence-corrected chi connectivity index (χ1v) is 4.63. The number of carbonyl (C=O) groups is 1. The Bertz CT molecular complexity index is 488. The summed E-state index contributed by atoms with van der Waals surface area (Å²) in [6.45, 7) is 0. The van der Waals surface area contributed by atoms with Crippen molar-refractivity contribution in [3.05, 3.63) is 36.7 Å². The van der Waals surface area contributed by atoms with E-state index < -0.39 is 0 Å². The Morgan fingerprint density at radius 3 is 2.87 bits per heavy atom. The molecule has 0 fully saturated rings. The van der Waals surface area contributed by atoms with E-state index in [1.807, 2.05) is 35.0 Å². The van der Waals surface area contributed by atoms with Gasteiger partial charge in [0.1, 0.15) is 5.75 Å². The number of hydrogen-bond donors (Lipinski definition) is 0. The van der Waals surface area contributed by atoms with Gasteiger partial charge in [0.2, 0.25) is 0 Å². The van der Waals surface area contributed by atoms with Gasteiger partial charge in [-0.2, -0.15) is 0 Å². The van der Waals surface area contributed by atoms with Gasteiger partial charge in [-0.3, -0.25) is 0 Å². The lowest BCUT2D eigenvalue weighted by molar-refractivity contribution is 0.172. The number of rotatable bonds is 1. The molecule has 15 heavy (non-hydrogen) atoms. The third kappa shape index (κ3) is 1.93. The van der Waals surface area contributed by atoms with Crippen molar-refractivity contribution < 1.29 is 9.53 Å². The summed E-state index contributed by atoms with van der Waals surface area (Å²) in [5.74, 6) is 0.555. The quantitative estimate of drug-likeness (QED) is 0.712. The molecule has 0 saturated carbocycles. The summed E-state index contributed by atoms with van der Waals surface area (Å²) in [4.78, 5) is 12.7. The molecule has 1 amide bonds. The number of amides is 1. The molecule has 0 N–H and O–H groups in total. The predicted molar refractivity (Wildman–Crippen MR) is 57.1 cm³/mol. The summed E-state index contributed by atoms with van der Waals surface area (Å²) in [7, 11) is 3.30. The Labute approximate surface area is 87.7 Å². The zero-order chi connectivity index (χ0) is 10.8. The molecule has 4 nitrogen and oxygen atoms in total. The van der Waals surface area contributed by atoms with Crippen LogP contribution in [-0.2, 0) is 0 Å². The average Bonchev–Trinajstić information content (AvgIpc) is 2.64. The topological polar surface area (TPSA) is 34.0 Å². The third-order valence-corrected chi connectivity index (χ3v) is 2.07. The van der Waals surface area contributed by atoms with Crippen molar-refractivity contribution in [1.82, 2.24) is 9.30 Å². The molecule has 0 aliphatic carbocycles. The summed E-state index contributed by atoms with van der Waals surface area (Å²) in [5, 5.41) is 0. The summed E-state index contributed by atoms with van der Waals surface area (Å²) in [5.41, 5.74) is 0.999. The van der Waals surface area contributed by atoms with Crippen LogP contribution in [-0.4, -0.2) is 29.5 Å². The summed E-state index contributed by atoms with van der Waals surface area (Å²) in [6, 6.07) is 7.47. The lowest BCUT2D eigenvalue weighted by atomic mass is 10.4. The molecule has 2 heterocycles. The van der Waals surface area contributed by atoms with Gasteiger partial charge in [-0.15, -0.1) is 0 Å². The fourth-order valence-electron chi connectivity index (χ4n) is 1.27. The Morgan fingerprint density at radius 2 is 2.13 bits per heavy atom. The molecule has 2 aromatic rings. The van der Waals surface area contributed by atoms with Crippen molar-refractivity contribution >= 4 is 11.6 Å². The smallest absolute Gasteiger partial charge is 0.410 e. The van der Waals surface area contributed by atoms with Gasteiger partial charge >= 0.3 is 6.09 Å². The molecule has 0 aromatic carbocycles. The molecule has 0 radical (unpaired) electrons. The van der Waals surface area contributed by atoms with Crippen LogP contribution in [0.1, 0.15) is 0 Å². The highest BCUT2D eigenvalue weighted by molar-refractivity contribution is 5.70. The Hall–Kier alpha value is -1.97. The lowest BCUT2D eigenvalue weighted by Gasteiger charge is -2.10. The Kier molecular flexibility index (Phi) is 2.33.